The van der Waals surface area contributed by atoms with Crippen molar-refractivity contribution in [3.05, 3.63) is 108 Å². The standard InChI is InChI=1S/C26H17F2NO2.C2H8FNP2/c27-22-9-5-21(6-10-22)25-14-13-24(15-26(25)28)31-17-30-23-11-7-20(8-12-23)19-3-1-18(16-29)2-4-19;3-1-2-6(4)5/h1-15H,17H2;1-2,4-5H2. The summed E-state index contributed by atoms with van der Waals surface area (Å²) in [6.07, 6.45) is 0.514. The number of nitrogens with two attached hydrogens (primary N) is 1. The first-order chi connectivity index (χ1) is 17.9. The Hall–Kier alpha value is -3.42. The van der Waals surface area contributed by atoms with Gasteiger partial charge in [0.15, 0.2) is 0 Å². The van der Waals surface area contributed by atoms with Crippen molar-refractivity contribution in [2.24, 2.45) is 5.50 Å². The molecule has 2 atom stereocenters. The van der Waals surface area contributed by atoms with Crippen molar-refractivity contribution in [3.8, 4) is 39.8 Å². The molecule has 0 amide bonds. The molecule has 190 valence electrons. The van der Waals surface area contributed by atoms with E-state index in [1.807, 2.05) is 36.4 Å². The van der Waals surface area contributed by atoms with E-state index in [1.54, 1.807) is 24.3 Å². The molecule has 9 heteroatoms. The molecule has 0 heterocycles. The van der Waals surface area contributed by atoms with Crippen molar-refractivity contribution in [1.82, 2.24) is 0 Å². The molecule has 0 saturated heterocycles. The summed E-state index contributed by atoms with van der Waals surface area (Å²) in [4.78, 5) is 0. The van der Waals surface area contributed by atoms with Crippen molar-refractivity contribution in [2.45, 2.75) is 0 Å². The molecule has 0 aliphatic heterocycles. The van der Waals surface area contributed by atoms with Crippen LogP contribution in [0, 0.1) is 23.0 Å². The van der Waals surface area contributed by atoms with Gasteiger partial charge in [-0.2, -0.15) is 5.26 Å². The van der Waals surface area contributed by atoms with Crippen LogP contribution >= 0.6 is 16.7 Å². The number of ether oxygens (including phenoxy) is 2. The van der Waals surface area contributed by atoms with Crippen LogP contribution < -0.4 is 15.0 Å². The Labute approximate surface area is 217 Å². The molecule has 0 fully saturated rings. The SMILES string of the molecule is N#Cc1ccc(-c2ccc(OCOc3ccc(-c4ccc(F)cc4)c(F)c3)cc2)cc1.NP(P)CCF. The molecule has 0 bridgehead atoms. The van der Waals surface area contributed by atoms with Gasteiger partial charge in [0.1, 0.15) is 23.1 Å². The van der Waals surface area contributed by atoms with Crippen molar-refractivity contribution < 1.29 is 22.6 Å². The van der Waals surface area contributed by atoms with Gasteiger partial charge in [0.2, 0.25) is 6.79 Å². The fraction of sp³-hybridized carbons (Fsp3) is 0.107. The topological polar surface area (TPSA) is 68.3 Å². The van der Waals surface area contributed by atoms with Crippen molar-refractivity contribution in [2.75, 3.05) is 19.6 Å². The van der Waals surface area contributed by atoms with E-state index in [9.17, 15) is 13.2 Å². The van der Waals surface area contributed by atoms with E-state index in [2.05, 4.69) is 15.0 Å². The van der Waals surface area contributed by atoms with Gasteiger partial charge >= 0.3 is 0 Å². The van der Waals surface area contributed by atoms with Crippen LogP contribution in [0.1, 0.15) is 5.56 Å². The summed E-state index contributed by atoms with van der Waals surface area (Å²) >= 11 is 0. The zero-order chi connectivity index (χ0) is 26.6. The zero-order valence-corrected chi connectivity index (χ0v) is 21.8. The Bertz CT molecular complexity index is 1310. The van der Waals surface area contributed by atoms with E-state index in [-0.39, 0.29) is 19.3 Å². The second kappa shape index (κ2) is 14.4. The minimum Gasteiger partial charge on any atom is -0.458 e. The average molecular weight is 540 g/mol. The molecule has 2 N–H and O–H groups in total. The fourth-order valence-corrected chi connectivity index (χ4v) is 3.68. The van der Waals surface area contributed by atoms with Crippen LogP contribution in [0.4, 0.5) is 13.2 Å². The lowest BCUT2D eigenvalue weighted by molar-refractivity contribution is 0.119. The number of hydrogen-bond donors (Lipinski definition) is 1. The van der Waals surface area contributed by atoms with Crippen molar-refractivity contribution in [3.63, 3.8) is 0 Å². The number of benzene rings is 4. The minimum atomic E-state index is -0.559. The average Bonchev–Trinajstić information content (AvgIpc) is 2.90. The highest BCUT2D eigenvalue weighted by atomic mass is 32.0. The van der Waals surface area contributed by atoms with Gasteiger partial charge < -0.3 is 15.0 Å². The molecule has 0 aliphatic carbocycles. The normalized spacial score (nSPS) is 11.0. The van der Waals surface area contributed by atoms with Crippen LogP contribution in [-0.4, -0.2) is 19.6 Å². The molecule has 0 aliphatic rings. The lowest BCUT2D eigenvalue weighted by atomic mass is 10.0. The highest BCUT2D eigenvalue weighted by molar-refractivity contribution is 8.12. The predicted octanol–water partition coefficient (Wildman–Crippen LogP) is 7.69. The Morgan fingerprint density at radius 3 is 1.84 bits per heavy atom. The molecule has 0 spiro atoms. The number of alkyl halides is 1. The summed E-state index contributed by atoms with van der Waals surface area (Å²) in [6.45, 7) is -0.364. The first-order valence-electron chi connectivity index (χ1n) is 11.1. The molecule has 0 aromatic heterocycles. The summed E-state index contributed by atoms with van der Waals surface area (Å²) in [7, 11) is 1.82. The van der Waals surface area contributed by atoms with Crippen LogP contribution in [0.5, 0.6) is 11.5 Å². The third-order valence-electron chi connectivity index (χ3n) is 5.09. The summed E-state index contributed by atoms with van der Waals surface area (Å²) in [5.41, 5.74) is 8.75. The maximum absolute atomic E-state index is 14.4. The highest BCUT2D eigenvalue weighted by Gasteiger charge is 2.08. The maximum Gasteiger partial charge on any atom is 0.230 e. The molecule has 0 radical (unpaired) electrons. The third kappa shape index (κ3) is 8.88. The summed E-state index contributed by atoms with van der Waals surface area (Å²) in [5.74, 6) is 0.112. The molecule has 4 rings (SSSR count). The lowest BCUT2D eigenvalue weighted by Gasteiger charge is -2.11. The molecule has 2 unspecified atom stereocenters. The number of hydrogen-bond acceptors (Lipinski definition) is 4. The van der Waals surface area contributed by atoms with Gasteiger partial charge in [-0.05, 0) is 73.0 Å². The smallest absolute Gasteiger partial charge is 0.230 e. The fourth-order valence-electron chi connectivity index (χ4n) is 3.19. The molecule has 4 aromatic carbocycles. The Morgan fingerprint density at radius 1 is 0.784 bits per heavy atom. The number of nitriles is 1. The second-order valence-electron chi connectivity index (χ2n) is 7.70. The molecule has 4 nitrogen and oxygen atoms in total. The Morgan fingerprint density at radius 2 is 1.32 bits per heavy atom. The number of halogens is 3. The van der Waals surface area contributed by atoms with Gasteiger partial charge in [0, 0.05) is 17.8 Å². The van der Waals surface area contributed by atoms with E-state index < -0.39 is 13.6 Å². The molecule has 37 heavy (non-hydrogen) atoms. The molecular weight excluding hydrogens is 515 g/mol. The molecular formula is C28H25F3N2O2P2. The third-order valence-corrected chi connectivity index (χ3v) is 6.55. The monoisotopic (exact) mass is 540 g/mol. The van der Waals surface area contributed by atoms with Gasteiger partial charge in [-0.25, -0.2) is 8.78 Å². The van der Waals surface area contributed by atoms with E-state index >= 15 is 0 Å². The largest absolute Gasteiger partial charge is 0.458 e. The molecule has 0 saturated carbocycles. The van der Waals surface area contributed by atoms with Gasteiger partial charge in [-0.1, -0.05) is 45.3 Å². The first-order valence-corrected chi connectivity index (χ1v) is 14.4. The van der Waals surface area contributed by atoms with Crippen molar-refractivity contribution in [1.29, 1.82) is 5.26 Å². The summed E-state index contributed by atoms with van der Waals surface area (Å²) in [6, 6.07) is 27.0. The Kier molecular flexibility index (Phi) is 10.9. The number of rotatable bonds is 8. The zero-order valence-electron chi connectivity index (χ0n) is 19.8. The first kappa shape index (κ1) is 28.2. The van der Waals surface area contributed by atoms with E-state index in [0.29, 0.717) is 34.4 Å². The van der Waals surface area contributed by atoms with E-state index in [4.69, 9.17) is 20.2 Å². The van der Waals surface area contributed by atoms with E-state index in [1.165, 1.54) is 30.3 Å². The lowest BCUT2D eigenvalue weighted by Crippen LogP contribution is -2.05. The molecule has 4 aromatic rings. The maximum atomic E-state index is 14.4. The van der Waals surface area contributed by atoms with E-state index in [0.717, 1.165) is 11.1 Å². The van der Waals surface area contributed by atoms with Gasteiger partial charge in [-0.15, -0.1) is 0 Å². The van der Waals surface area contributed by atoms with Crippen molar-refractivity contribution >= 4 is 16.7 Å². The van der Waals surface area contributed by atoms with Gasteiger partial charge in [-0.3, -0.25) is 4.39 Å². The predicted molar refractivity (Wildman–Crippen MR) is 146 cm³/mol. The van der Waals surface area contributed by atoms with Gasteiger partial charge in [0.05, 0.1) is 18.3 Å². The Balaban J connectivity index is 0.000000568. The van der Waals surface area contributed by atoms with Crippen LogP contribution in [-0.2, 0) is 0 Å². The quantitative estimate of drug-likeness (QED) is 0.184. The van der Waals surface area contributed by atoms with Crippen LogP contribution in [0.3, 0.4) is 0 Å². The van der Waals surface area contributed by atoms with Crippen LogP contribution in [0.2, 0.25) is 0 Å². The second-order valence-corrected chi connectivity index (χ2v) is 11.2. The highest BCUT2D eigenvalue weighted by Crippen LogP contribution is 2.33. The summed E-state index contributed by atoms with van der Waals surface area (Å²) in [5, 5.41) is 8.88. The summed E-state index contributed by atoms with van der Waals surface area (Å²) < 4.78 is 49.7. The van der Waals surface area contributed by atoms with Crippen LogP contribution in [0.15, 0.2) is 91.0 Å². The number of nitrogens with zero attached hydrogens (tertiary/aromatic N) is 1. The van der Waals surface area contributed by atoms with Gasteiger partial charge in [0.25, 0.3) is 0 Å². The van der Waals surface area contributed by atoms with Crippen LogP contribution in [0.25, 0.3) is 22.3 Å². The minimum absolute atomic E-state index is 0.0778.